The van der Waals surface area contributed by atoms with Gasteiger partial charge in [0, 0.05) is 0 Å². The Hall–Kier alpha value is -0.260. The molecule has 0 aromatic rings. The summed E-state index contributed by atoms with van der Waals surface area (Å²) in [5, 5.41) is 0. The Labute approximate surface area is 69.7 Å². The summed E-state index contributed by atoms with van der Waals surface area (Å²) in [6, 6.07) is 0. The maximum Gasteiger partial charge on any atom is -0.0109 e. The van der Waals surface area contributed by atoms with Crippen molar-refractivity contribution in [2.24, 2.45) is 17.8 Å². The summed E-state index contributed by atoms with van der Waals surface area (Å²) < 4.78 is 0. The molecular weight excluding hydrogens is 132 g/mol. The SMILES string of the molecule is CC(C)[CH]C1=CC2CCC1C2. The summed E-state index contributed by atoms with van der Waals surface area (Å²) in [4.78, 5) is 0. The zero-order valence-electron chi connectivity index (χ0n) is 7.51. The van der Waals surface area contributed by atoms with Crippen LogP contribution in [0.3, 0.4) is 0 Å². The molecule has 1 fully saturated rings. The van der Waals surface area contributed by atoms with Crippen molar-refractivity contribution in [1.29, 1.82) is 0 Å². The van der Waals surface area contributed by atoms with Gasteiger partial charge in [0.15, 0.2) is 0 Å². The average molecular weight is 149 g/mol. The van der Waals surface area contributed by atoms with E-state index in [1.807, 2.05) is 0 Å². The summed E-state index contributed by atoms with van der Waals surface area (Å²) in [6.45, 7) is 4.54. The van der Waals surface area contributed by atoms with Crippen LogP contribution in [0, 0.1) is 24.2 Å². The Morgan fingerprint density at radius 3 is 2.73 bits per heavy atom. The normalized spacial score (nSPS) is 35.0. The molecule has 0 amide bonds. The summed E-state index contributed by atoms with van der Waals surface area (Å²) >= 11 is 0. The Morgan fingerprint density at radius 2 is 2.27 bits per heavy atom. The number of allylic oxidation sites excluding steroid dienone is 2. The van der Waals surface area contributed by atoms with Crippen molar-refractivity contribution >= 4 is 0 Å². The second kappa shape index (κ2) is 2.66. The molecule has 0 nitrogen and oxygen atoms in total. The minimum absolute atomic E-state index is 0.737. The van der Waals surface area contributed by atoms with Crippen LogP contribution < -0.4 is 0 Å². The van der Waals surface area contributed by atoms with Gasteiger partial charge in [-0.1, -0.05) is 25.5 Å². The van der Waals surface area contributed by atoms with Crippen molar-refractivity contribution in [3.8, 4) is 0 Å². The van der Waals surface area contributed by atoms with E-state index in [1.165, 1.54) is 19.3 Å². The molecule has 2 aliphatic carbocycles. The molecule has 2 unspecified atom stereocenters. The predicted octanol–water partition coefficient (Wildman–Crippen LogP) is 3.20. The van der Waals surface area contributed by atoms with Gasteiger partial charge in [0.1, 0.15) is 0 Å². The molecule has 0 aromatic heterocycles. The maximum atomic E-state index is 2.51. The van der Waals surface area contributed by atoms with Gasteiger partial charge in [0.25, 0.3) is 0 Å². The van der Waals surface area contributed by atoms with E-state index in [-0.39, 0.29) is 0 Å². The second-order valence-corrected chi connectivity index (χ2v) is 4.35. The first-order chi connectivity index (χ1) is 5.25. The molecule has 0 heterocycles. The number of hydrogen-bond acceptors (Lipinski definition) is 0. The smallest absolute Gasteiger partial charge is 0.0109 e. The van der Waals surface area contributed by atoms with Gasteiger partial charge in [0.2, 0.25) is 0 Å². The molecule has 0 saturated heterocycles. The monoisotopic (exact) mass is 149 g/mol. The van der Waals surface area contributed by atoms with Gasteiger partial charge in [-0.3, -0.25) is 0 Å². The highest BCUT2D eigenvalue weighted by Gasteiger charge is 2.32. The Bertz CT molecular complexity index is 176. The Balaban J connectivity index is 2.00. The highest BCUT2D eigenvalue weighted by atomic mass is 14.4. The molecule has 1 saturated carbocycles. The fraction of sp³-hybridized carbons (Fsp3) is 0.727. The first kappa shape index (κ1) is 7.39. The van der Waals surface area contributed by atoms with Gasteiger partial charge < -0.3 is 0 Å². The van der Waals surface area contributed by atoms with E-state index in [0.717, 1.165) is 17.8 Å². The van der Waals surface area contributed by atoms with Crippen molar-refractivity contribution in [1.82, 2.24) is 0 Å². The van der Waals surface area contributed by atoms with Crippen molar-refractivity contribution < 1.29 is 0 Å². The Kier molecular flexibility index (Phi) is 1.78. The molecular formula is C11H17. The van der Waals surface area contributed by atoms with Crippen LogP contribution >= 0.6 is 0 Å². The summed E-state index contributed by atoms with van der Waals surface area (Å²) in [5.74, 6) is 2.63. The highest BCUT2D eigenvalue weighted by Crippen LogP contribution is 2.45. The topological polar surface area (TPSA) is 0 Å². The van der Waals surface area contributed by atoms with Crippen LogP contribution in [0.25, 0.3) is 0 Å². The largest absolute Gasteiger partial charge is 0.0816 e. The molecule has 1 radical (unpaired) electrons. The quantitative estimate of drug-likeness (QED) is 0.565. The van der Waals surface area contributed by atoms with E-state index in [9.17, 15) is 0 Å². The van der Waals surface area contributed by atoms with E-state index in [2.05, 4.69) is 26.3 Å². The van der Waals surface area contributed by atoms with E-state index >= 15 is 0 Å². The van der Waals surface area contributed by atoms with Crippen LogP contribution in [-0.2, 0) is 0 Å². The minimum Gasteiger partial charge on any atom is -0.0816 e. The van der Waals surface area contributed by atoms with Gasteiger partial charge in [-0.05, 0) is 43.4 Å². The van der Waals surface area contributed by atoms with Crippen LogP contribution in [-0.4, -0.2) is 0 Å². The summed E-state index contributed by atoms with van der Waals surface area (Å²) in [7, 11) is 0. The molecule has 61 valence electrons. The summed E-state index contributed by atoms with van der Waals surface area (Å²) in [5.41, 5.74) is 1.66. The highest BCUT2D eigenvalue weighted by molar-refractivity contribution is 5.26. The molecule has 0 N–H and O–H groups in total. The van der Waals surface area contributed by atoms with Crippen LogP contribution in [0.15, 0.2) is 11.6 Å². The molecule has 11 heavy (non-hydrogen) atoms. The lowest BCUT2D eigenvalue weighted by atomic mass is 9.91. The number of hydrogen-bond donors (Lipinski definition) is 0. The molecule has 0 aromatic carbocycles. The fourth-order valence-corrected chi connectivity index (χ4v) is 2.46. The summed E-state index contributed by atoms with van der Waals surface area (Å²) in [6.07, 6.45) is 9.33. The third kappa shape index (κ3) is 1.36. The fourth-order valence-electron chi connectivity index (χ4n) is 2.46. The van der Waals surface area contributed by atoms with E-state index in [1.54, 1.807) is 5.57 Å². The molecule has 2 atom stereocenters. The van der Waals surface area contributed by atoms with Crippen LogP contribution in [0.4, 0.5) is 0 Å². The third-order valence-corrected chi connectivity index (χ3v) is 2.90. The van der Waals surface area contributed by atoms with Crippen molar-refractivity contribution in [3.05, 3.63) is 18.1 Å². The maximum absolute atomic E-state index is 2.51. The molecule has 2 rings (SSSR count). The minimum atomic E-state index is 0.737. The van der Waals surface area contributed by atoms with Crippen LogP contribution in [0.1, 0.15) is 33.1 Å². The number of fused-ring (bicyclic) bond motifs is 2. The zero-order valence-corrected chi connectivity index (χ0v) is 7.51. The van der Waals surface area contributed by atoms with Gasteiger partial charge in [-0.2, -0.15) is 0 Å². The van der Waals surface area contributed by atoms with E-state index in [0.29, 0.717) is 0 Å². The molecule has 0 aliphatic heterocycles. The third-order valence-electron chi connectivity index (χ3n) is 2.90. The first-order valence-electron chi connectivity index (χ1n) is 4.82. The van der Waals surface area contributed by atoms with Crippen molar-refractivity contribution in [2.45, 2.75) is 33.1 Å². The lowest BCUT2D eigenvalue weighted by Crippen LogP contribution is -2.01. The molecule has 2 aliphatic rings. The zero-order chi connectivity index (χ0) is 7.84. The second-order valence-electron chi connectivity index (χ2n) is 4.35. The van der Waals surface area contributed by atoms with E-state index in [4.69, 9.17) is 0 Å². The van der Waals surface area contributed by atoms with Gasteiger partial charge in [-0.25, -0.2) is 0 Å². The molecule has 2 bridgehead atoms. The number of rotatable bonds is 2. The standard InChI is InChI=1S/C11H17/c1-8(2)5-11-7-9-3-4-10(11)6-9/h5,7-10H,3-4,6H2,1-2H3. The van der Waals surface area contributed by atoms with Gasteiger partial charge in [-0.15, -0.1) is 0 Å². The van der Waals surface area contributed by atoms with E-state index < -0.39 is 0 Å². The predicted molar refractivity (Wildman–Crippen MR) is 48.1 cm³/mol. The van der Waals surface area contributed by atoms with Crippen molar-refractivity contribution in [2.75, 3.05) is 0 Å². The van der Waals surface area contributed by atoms with Crippen molar-refractivity contribution in [3.63, 3.8) is 0 Å². The first-order valence-corrected chi connectivity index (χ1v) is 4.82. The van der Waals surface area contributed by atoms with Crippen LogP contribution in [0.5, 0.6) is 0 Å². The lowest BCUT2D eigenvalue weighted by molar-refractivity contribution is 0.631. The van der Waals surface area contributed by atoms with Crippen LogP contribution in [0.2, 0.25) is 0 Å². The van der Waals surface area contributed by atoms with Gasteiger partial charge >= 0.3 is 0 Å². The lowest BCUT2D eigenvalue weighted by Gasteiger charge is -2.14. The molecule has 0 spiro atoms. The average Bonchev–Trinajstić information content (AvgIpc) is 2.45. The Morgan fingerprint density at radius 1 is 1.45 bits per heavy atom. The van der Waals surface area contributed by atoms with Gasteiger partial charge in [0.05, 0.1) is 0 Å². The molecule has 0 heteroatoms.